The zero-order chi connectivity index (χ0) is 18.4. The number of urea groups is 1. The summed E-state index contributed by atoms with van der Waals surface area (Å²) in [6.07, 6.45) is 0. The van der Waals surface area contributed by atoms with E-state index in [1.54, 1.807) is 6.07 Å². The molecule has 2 N–H and O–H groups in total. The number of benzene rings is 2. The topological polar surface area (TPSA) is 44.4 Å². The second kappa shape index (κ2) is 8.62. The van der Waals surface area contributed by atoms with Crippen LogP contribution in [0.5, 0.6) is 0 Å². The van der Waals surface area contributed by atoms with Crippen LogP contribution >= 0.6 is 0 Å². The number of halogens is 1. The lowest BCUT2D eigenvalue weighted by Gasteiger charge is -2.25. The lowest BCUT2D eigenvalue weighted by atomic mass is 10.1. The van der Waals surface area contributed by atoms with Gasteiger partial charge in [0.15, 0.2) is 0 Å². The number of amides is 2. The highest BCUT2D eigenvalue weighted by Gasteiger charge is 2.15. The van der Waals surface area contributed by atoms with Crippen molar-refractivity contribution in [3.8, 4) is 0 Å². The Labute approximate surface area is 149 Å². The van der Waals surface area contributed by atoms with Crippen molar-refractivity contribution in [1.29, 1.82) is 0 Å². The minimum Gasteiger partial charge on any atom is -0.336 e. The van der Waals surface area contributed by atoms with Crippen molar-refractivity contribution >= 4 is 6.03 Å². The highest BCUT2D eigenvalue weighted by Crippen LogP contribution is 2.18. The molecule has 2 aromatic carbocycles. The number of hydrogen-bond acceptors (Lipinski definition) is 2. The lowest BCUT2D eigenvalue weighted by Crippen LogP contribution is -2.40. The Balaban J connectivity index is 1.91. The maximum Gasteiger partial charge on any atom is 0.315 e. The van der Waals surface area contributed by atoms with Gasteiger partial charge in [0.25, 0.3) is 0 Å². The molecule has 0 radical (unpaired) electrons. The lowest BCUT2D eigenvalue weighted by molar-refractivity contribution is 0.232. The summed E-state index contributed by atoms with van der Waals surface area (Å²) in [6, 6.07) is 12.3. The number of carbonyl (C=O) groups is 1. The van der Waals surface area contributed by atoms with Crippen molar-refractivity contribution < 1.29 is 9.18 Å². The summed E-state index contributed by atoms with van der Waals surface area (Å²) in [5.74, 6) is -0.274. The Morgan fingerprint density at radius 1 is 1.12 bits per heavy atom. The third-order valence-corrected chi connectivity index (χ3v) is 4.25. The van der Waals surface area contributed by atoms with E-state index in [9.17, 15) is 9.18 Å². The molecular formula is C20H26FN3O. The first-order valence-corrected chi connectivity index (χ1v) is 8.36. The van der Waals surface area contributed by atoms with E-state index in [2.05, 4.69) is 16.7 Å². The summed E-state index contributed by atoms with van der Waals surface area (Å²) >= 11 is 0. The molecule has 0 fully saturated rings. The average Bonchev–Trinajstić information content (AvgIpc) is 2.54. The first kappa shape index (κ1) is 18.9. The van der Waals surface area contributed by atoms with E-state index in [0.29, 0.717) is 13.1 Å². The van der Waals surface area contributed by atoms with Gasteiger partial charge in [0, 0.05) is 13.1 Å². The fraction of sp³-hybridized carbons (Fsp3) is 0.350. The zero-order valence-electron chi connectivity index (χ0n) is 15.3. The van der Waals surface area contributed by atoms with Crippen molar-refractivity contribution in [3.05, 3.63) is 70.5 Å². The van der Waals surface area contributed by atoms with Crippen LogP contribution in [0, 0.1) is 19.7 Å². The largest absolute Gasteiger partial charge is 0.336 e. The second-order valence-electron chi connectivity index (χ2n) is 6.53. The maximum atomic E-state index is 13.4. The molecule has 134 valence electrons. The van der Waals surface area contributed by atoms with Crippen LogP contribution < -0.4 is 10.6 Å². The number of nitrogens with one attached hydrogen (secondary N) is 2. The number of nitrogens with zero attached hydrogens (tertiary/aromatic N) is 1. The molecular weight excluding hydrogens is 317 g/mol. The molecule has 2 amide bonds. The van der Waals surface area contributed by atoms with Crippen LogP contribution in [-0.2, 0) is 6.54 Å². The molecule has 4 nitrogen and oxygen atoms in total. The summed E-state index contributed by atoms with van der Waals surface area (Å²) in [5, 5.41) is 5.74. The van der Waals surface area contributed by atoms with Gasteiger partial charge in [0.1, 0.15) is 5.82 Å². The monoisotopic (exact) mass is 343 g/mol. The van der Waals surface area contributed by atoms with E-state index >= 15 is 0 Å². The van der Waals surface area contributed by atoms with Gasteiger partial charge in [-0.3, -0.25) is 0 Å². The van der Waals surface area contributed by atoms with Crippen molar-refractivity contribution in [2.75, 3.05) is 20.6 Å². The molecule has 1 atom stereocenters. The van der Waals surface area contributed by atoms with Crippen LogP contribution in [0.4, 0.5) is 9.18 Å². The fourth-order valence-electron chi connectivity index (χ4n) is 2.78. The first-order valence-electron chi connectivity index (χ1n) is 8.36. The molecule has 0 heterocycles. The minimum absolute atomic E-state index is 0.0949. The molecule has 0 saturated heterocycles. The van der Waals surface area contributed by atoms with E-state index in [-0.39, 0.29) is 17.9 Å². The molecule has 2 rings (SSSR count). The highest BCUT2D eigenvalue weighted by molar-refractivity contribution is 5.73. The van der Waals surface area contributed by atoms with Crippen LogP contribution in [0.2, 0.25) is 0 Å². The number of aryl methyl sites for hydroxylation is 2. The molecule has 0 aliphatic carbocycles. The Morgan fingerprint density at radius 3 is 2.52 bits per heavy atom. The van der Waals surface area contributed by atoms with Gasteiger partial charge >= 0.3 is 6.03 Å². The number of hydrogen-bond donors (Lipinski definition) is 2. The van der Waals surface area contributed by atoms with Crippen LogP contribution in [0.1, 0.15) is 28.3 Å². The zero-order valence-corrected chi connectivity index (χ0v) is 15.3. The standard InChI is InChI=1S/C20H26FN3O/c1-14-8-9-17(15(2)10-14)12-22-20(25)23-13-19(24(3)4)16-6-5-7-18(21)11-16/h5-11,19H,12-13H2,1-4H3,(H2,22,23,25)/t19-/m1/s1. The van der Waals surface area contributed by atoms with Gasteiger partial charge in [-0.05, 0) is 56.8 Å². The van der Waals surface area contributed by atoms with Gasteiger partial charge in [-0.25, -0.2) is 9.18 Å². The molecule has 25 heavy (non-hydrogen) atoms. The van der Waals surface area contributed by atoms with Crippen LogP contribution in [0.25, 0.3) is 0 Å². The summed E-state index contributed by atoms with van der Waals surface area (Å²) in [5.41, 5.74) is 4.29. The molecule has 2 aromatic rings. The third kappa shape index (κ3) is 5.57. The summed E-state index contributed by atoms with van der Waals surface area (Å²) < 4.78 is 13.4. The van der Waals surface area contributed by atoms with Gasteiger partial charge < -0.3 is 15.5 Å². The van der Waals surface area contributed by atoms with Gasteiger partial charge in [-0.1, -0.05) is 35.9 Å². The predicted octanol–water partition coefficient (Wildman–Crippen LogP) is 3.54. The highest BCUT2D eigenvalue weighted by atomic mass is 19.1. The molecule has 0 saturated carbocycles. The smallest absolute Gasteiger partial charge is 0.315 e. The Bertz CT molecular complexity index is 731. The van der Waals surface area contributed by atoms with Crippen molar-refractivity contribution in [2.24, 2.45) is 0 Å². The fourth-order valence-corrected chi connectivity index (χ4v) is 2.78. The Hall–Kier alpha value is -2.40. The van der Waals surface area contributed by atoms with Gasteiger partial charge in [-0.15, -0.1) is 0 Å². The molecule has 5 heteroatoms. The van der Waals surface area contributed by atoms with Crippen molar-refractivity contribution in [2.45, 2.75) is 26.4 Å². The van der Waals surface area contributed by atoms with E-state index in [4.69, 9.17) is 0 Å². The molecule has 0 aliphatic heterocycles. The Kier molecular flexibility index (Phi) is 6.53. The minimum atomic E-state index is -0.274. The summed E-state index contributed by atoms with van der Waals surface area (Å²) in [6.45, 7) is 4.96. The number of rotatable bonds is 6. The quantitative estimate of drug-likeness (QED) is 0.842. The predicted molar refractivity (Wildman–Crippen MR) is 99.0 cm³/mol. The van der Waals surface area contributed by atoms with E-state index < -0.39 is 0 Å². The average molecular weight is 343 g/mol. The molecule has 0 aliphatic rings. The Morgan fingerprint density at radius 2 is 1.88 bits per heavy atom. The maximum absolute atomic E-state index is 13.4. The van der Waals surface area contributed by atoms with E-state index in [1.807, 2.05) is 51.0 Å². The molecule has 0 spiro atoms. The van der Waals surface area contributed by atoms with E-state index in [1.165, 1.54) is 17.7 Å². The SMILES string of the molecule is Cc1ccc(CNC(=O)NC[C@H](c2cccc(F)c2)N(C)C)c(C)c1. The van der Waals surface area contributed by atoms with Crippen LogP contribution in [-0.4, -0.2) is 31.6 Å². The van der Waals surface area contributed by atoms with Crippen LogP contribution in [0.15, 0.2) is 42.5 Å². The molecule has 0 aromatic heterocycles. The van der Waals surface area contributed by atoms with Crippen LogP contribution in [0.3, 0.4) is 0 Å². The number of carbonyl (C=O) groups excluding carboxylic acids is 1. The van der Waals surface area contributed by atoms with Crippen molar-refractivity contribution in [1.82, 2.24) is 15.5 Å². The molecule has 0 unspecified atom stereocenters. The van der Waals surface area contributed by atoms with Gasteiger partial charge in [-0.2, -0.15) is 0 Å². The van der Waals surface area contributed by atoms with Gasteiger partial charge in [0.2, 0.25) is 0 Å². The number of likely N-dealkylation sites (N-methyl/N-ethyl adjacent to an activating group) is 1. The second-order valence-corrected chi connectivity index (χ2v) is 6.53. The summed E-state index contributed by atoms with van der Waals surface area (Å²) in [7, 11) is 3.82. The normalized spacial score (nSPS) is 12.1. The van der Waals surface area contributed by atoms with Crippen molar-refractivity contribution in [3.63, 3.8) is 0 Å². The van der Waals surface area contributed by atoms with E-state index in [0.717, 1.165) is 16.7 Å². The van der Waals surface area contributed by atoms with Gasteiger partial charge in [0.05, 0.1) is 6.04 Å². The summed E-state index contributed by atoms with van der Waals surface area (Å²) in [4.78, 5) is 14.1. The third-order valence-electron chi connectivity index (χ3n) is 4.25. The molecule has 0 bridgehead atoms. The first-order chi connectivity index (χ1) is 11.9.